The summed E-state index contributed by atoms with van der Waals surface area (Å²) < 4.78 is 0. The normalized spacial score (nSPS) is 14.4. The summed E-state index contributed by atoms with van der Waals surface area (Å²) >= 11 is 0. The molecule has 1 aliphatic rings. The van der Waals surface area contributed by atoms with Crippen molar-refractivity contribution < 1.29 is 9.59 Å². The number of nitrogens with one attached hydrogen (secondary N) is 1. The zero-order valence-corrected chi connectivity index (χ0v) is 13.6. The number of nitrogens with zero attached hydrogens (tertiary/aromatic N) is 3. The highest BCUT2D eigenvalue weighted by Crippen LogP contribution is 2.20. The second-order valence-corrected chi connectivity index (χ2v) is 5.80. The lowest BCUT2D eigenvalue weighted by molar-refractivity contribution is -0.119. The number of pyridine rings is 1. The third kappa shape index (κ3) is 3.53. The second-order valence-electron chi connectivity index (χ2n) is 5.80. The average Bonchev–Trinajstić information content (AvgIpc) is 2.63. The number of piperazine rings is 1. The lowest BCUT2D eigenvalue weighted by Gasteiger charge is -2.32. The number of carbonyl (C=O) groups is 2. The first-order valence-electron chi connectivity index (χ1n) is 7.95. The van der Waals surface area contributed by atoms with E-state index in [1.807, 2.05) is 37.3 Å². The number of amides is 2. The molecule has 1 N–H and O–H groups in total. The van der Waals surface area contributed by atoms with Crippen molar-refractivity contribution in [1.29, 1.82) is 0 Å². The third-order valence-corrected chi connectivity index (χ3v) is 4.15. The fraction of sp³-hybridized carbons (Fsp3) is 0.278. The quantitative estimate of drug-likeness (QED) is 0.874. The number of benzene rings is 1. The third-order valence-electron chi connectivity index (χ3n) is 4.15. The van der Waals surface area contributed by atoms with Gasteiger partial charge in [-0.3, -0.25) is 14.6 Å². The number of rotatable bonds is 4. The van der Waals surface area contributed by atoms with E-state index in [-0.39, 0.29) is 5.91 Å². The largest absolute Gasteiger partial charge is 0.355 e. The van der Waals surface area contributed by atoms with E-state index in [1.165, 1.54) is 0 Å². The van der Waals surface area contributed by atoms with Crippen LogP contribution in [0.2, 0.25) is 0 Å². The van der Waals surface area contributed by atoms with Gasteiger partial charge in [0.05, 0.1) is 0 Å². The second kappa shape index (κ2) is 7.12. The standard InChI is InChI=1S/C18H20N4O2/c1-14-4-2-3-5-16(14)20-15-6-7-19-17(12-15)18(24)22-10-8-21(13-23)9-11-22/h2-7,12-13H,8-11H2,1H3,(H,19,20). The molecule has 0 atom stereocenters. The van der Waals surface area contributed by atoms with Gasteiger partial charge >= 0.3 is 0 Å². The van der Waals surface area contributed by atoms with Crippen molar-refractivity contribution in [3.63, 3.8) is 0 Å². The maximum Gasteiger partial charge on any atom is 0.272 e. The number of aromatic nitrogens is 1. The lowest BCUT2D eigenvalue weighted by Crippen LogP contribution is -2.48. The van der Waals surface area contributed by atoms with Gasteiger partial charge in [-0.25, -0.2) is 0 Å². The van der Waals surface area contributed by atoms with Crippen LogP contribution in [0.15, 0.2) is 42.6 Å². The minimum atomic E-state index is -0.103. The van der Waals surface area contributed by atoms with E-state index in [4.69, 9.17) is 0 Å². The Morgan fingerprint density at radius 3 is 2.62 bits per heavy atom. The van der Waals surface area contributed by atoms with Crippen LogP contribution in [0, 0.1) is 6.92 Å². The topological polar surface area (TPSA) is 65.5 Å². The fourth-order valence-electron chi connectivity index (χ4n) is 2.69. The van der Waals surface area contributed by atoms with Gasteiger partial charge in [0.1, 0.15) is 5.69 Å². The summed E-state index contributed by atoms with van der Waals surface area (Å²) in [5.41, 5.74) is 3.37. The van der Waals surface area contributed by atoms with Crippen LogP contribution in [-0.2, 0) is 4.79 Å². The Morgan fingerprint density at radius 1 is 1.17 bits per heavy atom. The van der Waals surface area contributed by atoms with E-state index in [0.29, 0.717) is 31.9 Å². The first-order valence-corrected chi connectivity index (χ1v) is 7.95. The van der Waals surface area contributed by atoms with Crippen molar-refractivity contribution in [2.24, 2.45) is 0 Å². The molecule has 0 unspecified atom stereocenters. The predicted molar refractivity (Wildman–Crippen MR) is 92.2 cm³/mol. The van der Waals surface area contributed by atoms with E-state index in [0.717, 1.165) is 23.3 Å². The van der Waals surface area contributed by atoms with Gasteiger partial charge in [0.2, 0.25) is 6.41 Å². The minimum Gasteiger partial charge on any atom is -0.355 e. The van der Waals surface area contributed by atoms with Gasteiger partial charge in [0, 0.05) is 43.8 Å². The van der Waals surface area contributed by atoms with Crippen molar-refractivity contribution in [2.75, 3.05) is 31.5 Å². The molecule has 3 rings (SSSR count). The molecule has 1 fully saturated rings. The Hall–Kier alpha value is -2.89. The molecule has 1 saturated heterocycles. The zero-order valence-electron chi connectivity index (χ0n) is 13.6. The van der Waals surface area contributed by atoms with Gasteiger partial charge in [-0.1, -0.05) is 18.2 Å². The number of hydrogen-bond acceptors (Lipinski definition) is 4. The SMILES string of the molecule is Cc1ccccc1Nc1ccnc(C(=O)N2CCN(C=O)CC2)c1. The van der Waals surface area contributed by atoms with E-state index in [2.05, 4.69) is 10.3 Å². The monoisotopic (exact) mass is 324 g/mol. The van der Waals surface area contributed by atoms with Crippen LogP contribution in [0.3, 0.4) is 0 Å². The van der Waals surface area contributed by atoms with E-state index >= 15 is 0 Å². The van der Waals surface area contributed by atoms with Crippen LogP contribution in [0.5, 0.6) is 0 Å². The first-order chi connectivity index (χ1) is 11.7. The molecule has 124 valence electrons. The highest BCUT2D eigenvalue weighted by Gasteiger charge is 2.22. The van der Waals surface area contributed by atoms with E-state index in [9.17, 15) is 9.59 Å². The molecule has 2 amide bonds. The van der Waals surface area contributed by atoms with Crippen molar-refractivity contribution in [1.82, 2.24) is 14.8 Å². The van der Waals surface area contributed by atoms with Crippen molar-refractivity contribution in [3.05, 3.63) is 53.9 Å². The molecule has 6 heteroatoms. The molecule has 0 spiro atoms. The molecule has 1 aromatic carbocycles. The fourth-order valence-corrected chi connectivity index (χ4v) is 2.69. The summed E-state index contributed by atoms with van der Waals surface area (Å²) in [6.45, 7) is 4.23. The molecule has 2 heterocycles. The average molecular weight is 324 g/mol. The van der Waals surface area contributed by atoms with Crippen LogP contribution >= 0.6 is 0 Å². The molecule has 0 radical (unpaired) electrons. The van der Waals surface area contributed by atoms with E-state index in [1.54, 1.807) is 22.1 Å². The number of aryl methyl sites for hydroxylation is 1. The predicted octanol–water partition coefficient (Wildman–Crippen LogP) is 2.05. The van der Waals surface area contributed by atoms with Crippen molar-refractivity contribution >= 4 is 23.7 Å². The summed E-state index contributed by atoms with van der Waals surface area (Å²) in [6, 6.07) is 11.6. The number of para-hydroxylation sites is 1. The van der Waals surface area contributed by atoms with Gasteiger partial charge in [-0.15, -0.1) is 0 Å². The Morgan fingerprint density at radius 2 is 1.92 bits per heavy atom. The smallest absolute Gasteiger partial charge is 0.272 e. The summed E-state index contributed by atoms with van der Waals surface area (Å²) in [6.07, 6.45) is 2.46. The van der Waals surface area contributed by atoms with Crippen molar-refractivity contribution in [2.45, 2.75) is 6.92 Å². The van der Waals surface area contributed by atoms with E-state index < -0.39 is 0 Å². The Balaban J connectivity index is 1.72. The van der Waals surface area contributed by atoms with Crippen molar-refractivity contribution in [3.8, 4) is 0 Å². The molecule has 0 saturated carbocycles. The van der Waals surface area contributed by atoms with Crippen LogP contribution in [0.4, 0.5) is 11.4 Å². The summed E-state index contributed by atoms with van der Waals surface area (Å²) in [5.74, 6) is -0.103. The molecule has 6 nitrogen and oxygen atoms in total. The molecule has 1 aromatic heterocycles. The maximum atomic E-state index is 12.6. The van der Waals surface area contributed by atoms with Crippen LogP contribution in [0.25, 0.3) is 0 Å². The van der Waals surface area contributed by atoms with Gasteiger partial charge in [0.25, 0.3) is 5.91 Å². The number of hydrogen-bond donors (Lipinski definition) is 1. The Kier molecular flexibility index (Phi) is 4.74. The van der Waals surface area contributed by atoms with Crippen LogP contribution < -0.4 is 5.32 Å². The Bertz CT molecular complexity index is 739. The highest BCUT2D eigenvalue weighted by molar-refractivity contribution is 5.93. The molecular formula is C18H20N4O2. The molecule has 1 aliphatic heterocycles. The first kappa shape index (κ1) is 16.0. The van der Waals surface area contributed by atoms with Crippen LogP contribution in [0.1, 0.15) is 16.1 Å². The maximum absolute atomic E-state index is 12.6. The minimum absolute atomic E-state index is 0.103. The van der Waals surface area contributed by atoms with Gasteiger partial charge < -0.3 is 15.1 Å². The number of carbonyl (C=O) groups excluding carboxylic acids is 2. The lowest BCUT2D eigenvalue weighted by atomic mass is 10.2. The van der Waals surface area contributed by atoms with Gasteiger partial charge in [0.15, 0.2) is 0 Å². The highest BCUT2D eigenvalue weighted by atomic mass is 16.2. The molecule has 2 aromatic rings. The van der Waals surface area contributed by atoms with Gasteiger partial charge in [-0.2, -0.15) is 0 Å². The molecule has 0 bridgehead atoms. The summed E-state index contributed by atoms with van der Waals surface area (Å²) in [7, 11) is 0. The Labute approximate surface area is 141 Å². The summed E-state index contributed by atoms with van der Waals surface area (Å²) in [4.78, 5) is 31.0. The molecular weight excluding hydrogens is 304 g/mol. The molecule has 24 heavy (non-hydrogen) atoms. The molecule has 0 aliphatic carbocycles. The summed E-state index contributed by atoms with van der Waals surface area (Å²) in [5, 5.41) is 3.32. The number of anilines is 2. The van der Waals surface area contributed by atoms with Crippen LogP contribution in [-0.4, -0.2) is 53.3 Å². The zero-order chi connectivity index (χ0) is 16.9. The van der Waals surface area contributed by atoms with Gasteiger partial charge in [-0.05, 0) is 30.7 Å².